The van der Waals surface area contributed by atoms with Gasteiger partial charge in [0.2, 0.25) is 5.91 Å². The van der Waals surface area contributed by atoms with Crippen molar-refractivity contribution in [3.63, 3.8) is 0 Å². The summed E-state index contributed by atoms with van der Waals surface area (Å²) in [5.74, 6) is 1.21. The molecule has 2 saturated heterocycles. The summed E-state index contributed by atoms with van der Waals surface area (Å²) in [6, 6.07) is 16.2. The van der Waals surface area contributed by atoms with Gasteiger partial charge in [0.05, 0.1) is 34.5 Å². The van der Waals surface area contributed by atoms with Gasteiger partial charge in [-0.3, -0.25) is 19.7 Å². The van der Waals surface area contributed by atoms with E-state index in [2.05, 4.69) is 36.9 Å². The van der Waals surface area contributed by atoms with Crippen LogP contribution in [0.3, 0.4) is 0 Å². The van der Waals surface area contributed by atoms with Gasteiger partial charge in [0.1, 0.15) is 5.82 Å². The molecule has 0 aliphatic carbocycles. The molecule has 1 spiro atoms. The van der Waals surface area contributed by atoms with Gasteiger partial charge in [-0.25, -0.2) is 4.98 Å². The van der Waals surface area contributed by atoms with E-state index in [1.54, 1.807) is 18.6 Å². The van der Waals surface area contributed by atoms with Gasteiger partial charge in [0.25, 0.3) is 0 Å². The molecule has 2 aliphatic heterocycles. The summed E-state index contributed by atoms with van der Waals surface area (Å²) in [6.45, 7) is 3.11. The number of nitrogens with zero attached hydrogens (tertiary/aromatic N) is 6. The number of para-hydroxylation sites is 2. The molecule has 0 unspecified atom stereocenters. The molecule has 0 bridgehead atoms. The molecule has 0 radical (unpaired) electrons. The van der Waals surface area contributed by atoms with Crippen molar-refractivity contribution in [3.8, 4) is 11.3 Å². The molecule has 4 heterocycles. The Kier molecular flexibility index (Phi) is 5.60. The third-order valence-corrected chi connectivity index (χ3v) is 7.46. The first-order chi connectivity index (χ1) is 17.2. The number of hydrogen-bond donors (Lipinski definition) is 0. The fraction of sp³-hybridized carbons (Fsp3) is 0.321. The second-order valence-corrected chi connectivity index (χ2v) is 9.61. The molecule has 1 amide bonds. The van der Waals surface area contributed by atoms with Gasteiger partial charge >= 0.3 is 0 Å². The van der Waals surface area contributed by atoms with E-state index in [1.807, 2.05) is 42.6 Å². The number of hydrogen-bond acceptors (Lipinski definition) is 6. The van der Waals surface area contributed by atoms with Gasteiger partial charge in [-0.15, -0.1) is 0 Å². The highest BCUT2D eigenvalue weighted by Crippen LogP contribution is 2.42. The van der Waals surface area contributed by atoms with Gasteiger partial charge in [0.15, 0.2) is 0 Å². The predicted octanol–water partition coefficient (Wildman–Crippen LogP) is 4.50. The molecule has 7 heteroatoms. The molecule has 2 aliphatic rings. The first-order valence-corrected chi connectivity index (χ1v) is 12.3. The van der Waals surface area contributed by atoms with Gasteiger partial charge in [0, 0.05) is 44.1 Å². The number of fused-ring (bicyclic) bond motifs is 1. The summed E-state index contributed by atoms with van der Waals surface area (Å²) < 4.78 is 0. The number of amides is 1. The van der Waals surface area contributed by atoms with Crippen LogP contribution in [0.2, 0.25) is 0 Å². The lowest BCUT2D eigenvalue weighted by Crippen LogP contribution is -2.53. The highest BCUT2D eigenvalue weighted by Gasteiger charge is 2.45. The van der Waals surface area contributed by atoms with Gasteiger partial charge in [-0.1, -0.05) is 30.3 Å². The number of aromatic nitrogens is 4. The molecular formula is C28H28N6O. The number of piperidine rings is 2. The molecule has 2 aromatic carbocycles. The van der Waals surface area contributed by atoms with E-state index in [4.69, 9.17) is 4.98 Å². The normalized spacial score (nSPS) is 17.8. The van der Waals surface area contributed by atoms with Crippen molar-refractivity contribution in [2.45, 2.75) is 32.2 Å². The van der Waals surface area contributed by atoms with Crippen LogP contribution >= 0.6 is 0 Å². The van der Waals surface area contributed by atoms with Gasteiger partial charge in [-0.05, 0) is 49.4 Å². The fourth-order valence-electron chi connectivity index (χ4n) is 5.53. The lowest BCUT2D eigenvalue weighted by molar-refractivity contribution is -0.148. The van der Waals surface area contributed by atoms with Crippen molar-refractivity contribution in [3.05, 3.63) is 78.9 Å². The standard InChI is InChI=1S/C28H28N6O/c35-27-28(10-15-33(16-11-28)26-19-31-23-7-1-2-8-24(23)32-26)9-4-14-34(27)20-21-5-3-6-22(17-21)25-18-29-12-13-30-25/h1-3,5-8,12-13,17-19H,4,9-11,14-16,20H2. The quantitative estimate of drug-likeness (QED) is 0.443. The van der Waals surface area contributed by atoms with Crippen LogP contribution in [0, 0.1) is 5.41 Å². The van der Waals surface area contributed by atoms with E-state index >= 15 is 0 Å². The van der Waals surface area contributed by atoms with Crippen LogP contribution < -0.4 is 4.90 Å². The zero-order chi connectivity index (χ0) is 23.7. The Bertz CT molecular complexity index is 1350. The Labute approximate surface area is 204 Å². The highest BCUT2D eigenvalue weighted by molar-refractivity contribution is 5.84. The summed E-state index contributed by atoms with van der Waals surface area (Å²) in [5, 5.41) is 0. The first-order valence-electron chi connectivity index (χ1n) is 12.3. The molecule has 176 valence electrons. The summed E-state index contributed by atoms with van der Waals surface area (Å²) in [6.07, 6.45) is 10.7. The van der Waals surface area contributed by atoms with Crippen LogP contribution in [0.25, 0.3) is 22.3 Å². The van der Waals surface area contributed by atoms with Crippen LogP contribution in [0.15, 0.2) is 73.3 Å². The van der Waals surface area contributed by atoms with Crippen LogP contribution in [0.1, 0.15) is 31.2 Å². The second kappa shape index (κ2) is 9.06. The Morgan fingerprint density at radius 2 is 1.71 bits per heavy atom. The maximum Gasteiger partial charge on any atom is 0.229 e. The van der Waals surface area contributed by atoms with Gasteiger partial charge in [-0.2, -0.15) is 0 Å². The molecule has 0 N–H and O–H groups in total. The third-order valence-electron chi connectivity index (χ3n) is 7.46. The van der Waals surface area contributed by atoms with Crippen molar-refractivity contribution < 1.29 is 4.79 Å². The van der Waals surface area contributed by atoms with Crippen LogP contribution in [0.4, 0.5) is 5.82 Å². The lowest BCUT2D eigenvalue weighted by atomic mass is 9.71. The minimum absolute atomic E-state index is 0.262. The Morgan fingerprint density at radius 3 is 2.54 bits per heavy atom. The average Bonchev–Trinajstić information content (AvgIpc) is 2.92. The summed E-state index contributed by atoms with van der Waals surface area (Å²) in [7, 11) is 0. The molecule has 4 aromatic rings. The fourth-order valence-corrected chi connectivity index (χ4v) is 5.53. The Morgan fingerprint density at radius 1 is 0.857 bits per heavy atom. The smallest absolute Gasteiger partial charge is 0.229 e. The summed E-state index contributed by atoms with van der Waals surface area (Å²) >= 11 is 0. The molecule has 2 aromatic heterocycles. The molecule has 0 atom stereocenters. The number of benzene rings is 2. The molecule has 35 heavy (non-hydrogen) atoms. The minimum Gasteiger partial charge on any atom is -0.355 e. The van der Waals surface area contributed by atoms with Crippen molar-refractivity contribution >= 4 is 22.8 Å². The predicted molar refractivity (Wildman–Crippen MR) is 136 cm³/mol. The maximum atomic E-state index is 13.7. The lowest BCUT2D eigenvalue weighted by Gasteiger charge is -2.46. The van der Waals surface area contributed by atoms with Crippen molar-refractivity contribution in [2.24, 2.45) is 5.41 Å². The molecule has 6 rings (SSSR count). The van der Waals surface area contributed by atoms with Crippen LogP contribution in [-0.4, -0.2) is 50.4 Å². The first kappa shape index (κ1) is 21.6. The zero-order valence-electron chi connectivity index (χ0n) is 19.7. The number of carbonyl (C=O) groups is 1. The van der Waals surface area contributed by atoms with Crippen molar-refractivity contribution in [2.75, 3.05) is 24.5 Å². The average molecular weight is 465 g/mol. The van der Waals surface area contributed by atoms with E-state index < -0.39 is 0 Å². The zero-order valence-corrected chi connectivity index (χ0v) is 19.7. The number of anilines is 1. The van der Waals surface area contributed by atoms with E-state index in [9.17, 15) is 4.79 Å². The minimum atomic E-state index is -0.262. The van der Waals surface area contributed by atoms with E-state index in [0.29, 0.717) is 12.5 Å². The van der Waals surface area contributed by atoms with Gasteiger partial charge < -0.3 is 9.80 Å². The molecular weight excluding hydrogens is 436 g/mol. The maximum absolute atomic E-state index is 13.7. The SMILES string of the molecule is O=C1N(Cc2cccc(-c3cnccn3)c2)CCCC12CCN(c1cnc3ccccc3n1)CC2. The third kappa shape index (κ3) is 4.22. The number of carbonyl (C=O) groups excluding carboxylic acids is 1. The summed E-state index contributed by atoms with van der Waals surface area (Å²) in [4.78, 5) is 36.1. The van der Waals surface area contributed by atoms with Crippen molar-refractivity contribution in [1.29, 1.82) is 0 Å². The Balaban J connectivity index is 1.15. The highest BCUT2D eigenvalue weighted by atomic mass is 16.2. The molecule has 2 fully saturated rings. The van der Waals surface area contributed by atoms with E-state index in [1.165, 1.54) is 0 Å². The molecule has 0 saturated carbocycles. The monoisotopic (exact) mass is 464 g/mol. The van der Waals surface area contributed by atoms with Crippen LogP contribution in [-0.2, 0) is 11.3 Å². The number of rotatable bonds is 4. The van der Waals surface area contributed by atoms with Crippen LogP contribution in [0.5, 0.6) is 0 Å². The number of likely N-dealkylation sites (tertiary alicyclic amines) is 1. The van der Waals surface area contributed by atoms with E-state index in [0.717, 1.165) is 79.0 Å². The Hall–Kier alpha value is -3.87. The topological polar surface area (TPSA) is 75.1 Å². The molecule has 7 nitrogen and oxygen atoms in total. The second-order valence-electron chi connectivity index (χ2n) is 9.61. The summed E-state index contributed by atoms with van der Waals surface area (Å²) in [5.41, 5.74) is 4.56. The van der Waals surface area contributed by atoms with E-state index in [-0.39, 0.29) is 5.41 Å². The largest absolute Gasteiger partial charge is 0.355 e. The van der Waals surface area contributed by atoms with Crippen molar-refractivity contribution in [1.82, 2.24) is 24.8 Å².